The monoisotopic (exact) mass is 455 g/mol. The molecule has 1 saturated heterocycles. The topological polar surface area (TPSA) is 79.4 Å². The molecule has 29 heavy (non-hydrogen) atoms. The van der Waals surface area contributed by atoms with Gasteiger partial charge in [0.15, 0.2) is 9.84 Å². The molecule has 0 bridgehead atoms. The summed E-state index contributed by atoms with van der Waals surface area (Å²) in [5.74, 6) is 0.359. The molecular formula is C20H23Cl2N3O3S. The lowest BCUT2D eigenvalue weighted by atomic mass is 9.96. The van der Waals surface area contributed by atoms with Crippen LogP contribution in [-0.4, -0.2) is 49.6 Å². The first-order valence-corrected chi connectivity index (χ1v) is 11.8. The summed E-state index contributed by atoms with van der Waals surface area (Å²) in [6.07, 6.45) is 3.07. The maximum atomic E-state index is 12.6. The number of carbonyl (C=O) groups is 1. The summed E-state index contributed by atoms with van der Waals surface area (Å²) in [6.45, 7) is 3.66. The highest BCUT2D eigenvalue weighted by molar-refractivity contribution is 7.91. The standard InChI is InChI=1S/C20H23Cl2N3O3S/c1-14-2-5-19(23-13-14)24-20(26)15-6-8-25(9-7-15)10-11-29(27,28)18-12-16(21)3-4-17(18)22/h2-5,12-13,15H,6-11H2,1H3,(H,23,24,26). The molecule has 1 aliphatic rings. The van der Waals surface area contributed by atoms with E-state index in [0.29, 0.717) is 43.3 Å². The molecule has 2 aromatic rings. The second-order valence-corrected chi connectivity index (χ2v) is 10.1. The number of nitrogens with zero attached hydrogens (tertiary/aromatic N) is 2. The number of anilines is 1. The van der Waals surface area contributed by atoms with E-state index in [1.807, 2.05) is 13.0 Å². The Bertz CT molecular complexity index is 973. The predicted octanol–water partition coefficient (Wildman–Crippen LogP) is 3.82. The fourth-order valence-corrected chi connectivity index (χ4v) is 5.36. The van der Waals surface area contributed by atoms with Gasteiger partial charge in [0.1, 0.15) is 5.82 Å². The van der Waals surface area contributed by atoms with Crippen LogP contribution >= 0.6 is 23.2 Å². The number of aromatic nitrogens is 1. The maximum Gasteiger partial charge on any atom is 0.228 e. The molecule has 0 saturated carbocycles. The zero-order valence-electron chi connectivity index (χ0n) is 16.1. The predicted molar refractivity (Wildman–Crippen MR) is 115 cm³/mol. The number of aryl methyl sites for hydroxylation is 1. The number of hydrogen-bond donors (Lipinski definition) is 1. The van der Waals surface area contributed by atoms with E-state index in [4.69, 9.17) is 23.2 Å². The van der Waals surface area contributed by atoms with Crippen molar-refractivity contribution in [1.82, 2.24) is 9.88 Å². The molecule has 1 fully saturated rings. The summed E-state index contributed by atoms with van der Waals surface area (Å²) in [4.78, 5) is 18.8. The van der Waals surface area contributed by atoms with Gasteiger partial charge in [0.25, 0.3) is 0 Å². The van der Waals surface area contributed by atoms with Crippen molar-refractivity contribution < 1.29 is 13.2 Å². The lowest BCUT2D eigenvalue weighted by molar-refractivity contribution is -0.121. The van der Waals surface area contributed by atoms with Crippen molar-refractivity contribution in [3.05, 3.63) is 52.1 Å². The van der Waals surface area contributed by atoms with Gasteiger partial charge in [-0.25, -0.2) is 13.4 Å². The van der Waals surface area contributed by atoms with E-state index in [9.17, 15) is 13.2 Å². The molecule has 6 nitrogen and oxygen atoms in total. The highest BCUT2D eigenvalue weighted by Crippen LogP contribution is 2.26. The Hall–Kier alpha value is -1.67. The van der Waals surface area contributed by atoms with Gasteiger partial charge in [0.05, 0.1) is 15.7 Å². The van der Waals surface area contributed by atoms with Gasteiger partial charge in [0.2, 0.25) is 5.91 Å². The number of piperidine rings is 1. The first-order chi connectivity index (χ1) is 13.7. The van der Waals surface area contributed by atoms with Crippen LogP contribution in [0.5, 0.6) is 0 Å². The summed E-state index contributed by atoms with van der Waals surface area (Å²) in [5.41, 5.74) is 1.03. The summed E-state index contributed by atoms with van der Waals surface area (Å²) < 4.78 is 25.2. The minimum absolute atomic E-state index is 0.0423. The quantitative estimate of drug-likeness (QED) is 0.715. The Morgan fingerprint density at radius 2 is 1.93 bits per heavy atom. The van der Waals surface area contributed by atoms with Gasteiger partial charge >= 0.3 is 0 Å². The van der Waals surface area contributed by atoms with Gasteiger partial charge in [0, 0.05) is 23.7 Å². The Kier molecular flexibility index (Phi) is 7.16. The highest BCUT2D eigenvalue weighted by Gasteiger charge is 2.27. The van der Waals surface area contributed by atoms with Crippen LogP contribution in [0.1, 0.15) is 18.4 Å². The van der Waals surface area contributed by atoms with Gasteiger partial charge in [-0.1, -0.05) is 29.3 Å². The second-order valence-electron chi connectivity index (χ2n) is 7.22. The molecule has 0 aliphatic carbocycles. The molecule has 3 rings (SSSR count). The van der Waals surface area contributed by atoms with E-state index in [2.05, 4.69) is 15.2 Å². The molecule has 1 aliphatic heterocycles. The van der Waals surface area contributed by atoms with Crippen molar-refractivity contribution in [2.24, 2.45) is 5.92 Å². The first-order valence-electron chi connectivity index (χ1n) is 9.38. The Morgan fingerprint density at radius 3 is 2.59 bits per heavy atom. The third-order valence-electron chi connectivity index (χ3n) is 5.03. The lowest BCUT2D eigenvalue weighted by Crippen LogP contribution is -2.40. The fourth-order valence-electron chi connectivity index (χ4n) is 3.26. The van der Waals surface area contributed by atoms with Crippen LogP contribution in [0, 0.1) is 12.8 Å². The van der Waals surface area contributed by atoms with Gasteiger partial charge in [-0.15, -0.1) is 0 Å². The third kappa shape index (κ3) is 5.92. The number of sulfone groups is 1. The van der Waals surface area contributed by atoms with Crippen molar-refractivity contribution in [2.75, 3.05) is 30.7 Å². The average Bonchev–Trinajstić information content (AvgIpc) is 2.70. The minimum atomic E-state index is -3.53. The molecule has 1 N–H and O–H groups in total. The van der Waals surface area contributed by atoms with E-state index in [1.54, 1.807) is 18.3 Å². The van der Waals surface area contributed by atoms with Crippen LogP contribution < -0.4 is 5.32 Å². The molecule has 1 aromatic heterocycles. The van der Waals surface area contributed by atoms with E-state index in [0.717, 1.165) is 5.56 Å². The number of nitrogens with one attached hydrogen (secondary N) is 1. The van der Waals surface area contributed by atoms with Crippen LogP contribution in [0.15, 0.2) is 41.4 Å². The summed E-state index contributed by atoms with van der Waals surface area (Å²) in [5, 5.41) is 3.36. The zero-order chi connectivity index (χ0) is 21.0. The van der Waals surface area contributed by atoms with Crippen molar-refractivity contribution in [2.45, 2.75) is 24.7 Å². The Balaban J connectivity index is 1.50. The highest BCUT2D eigenvalue weighted by atomic mass is 35.5. The van der Waals surface area contributed by atoms with E-state index < -0.39 is 9.84 Å². The number of rotatable bonds is 6. The van der Waals surface area contributed by atoms with Crippen LogP contribution in [-0.2, 0) is 14.6 Å². The first kappa shape index (κ1) is 22.0. The smallest absolute Gasteiger partial charge is 0.228 e. The van der Waals surface area contributed by atoms with Crippen LogP contribution in [0.2, 0.25) is 10.0 Å². The van der Waals surface area contributed by atoms with Crippen LogP contribution in [0.3, 0.4) is 0 Å². The van der Waals surface area contributed by atoms with Crippen LogP contribution in [0.25, 0.3) is 0 Å². The fraction of sp³-hybridized carbons (Fsp3) is 0.400. The number of halogens is 2. The van der Waals surface area contributed by atoms with Crippen molar-refractivity contribution >= 4 is 44.8 Å². The molecule has 0 spiro atoms. The molecule has 2 heterocycles. The molecule has 9 heteroatoms. The minimum Gasteiger partial charge on any atom is -0.310 e. The molecule has 0 unspecified atom stereocenters. The molecule has 0 atom stereocenters. The number of likely N-dealkylation sites (tertiary alicyclic amines) is 1. The number of amides is 1. The zero-order valence-corrected chi connectivity index (χ0v) is 18.4. The van der Waals surface area contributed by atoms with Crippen molar-refractivity contribution in [3.8, 4) is 0 Å². The van der Waals surface area contributed by atoms with Gasteiger partial charge in [-0.2, -0.15) is 0 Å². The van der Waals surface area contributed by atoms with Gasteiger partial charge < -0.3 is 10.2 Å². The number of pyridine rings is 1. The van der Waals surface area contributed by atoms with Gasteiger partial charge in [-0.05, 0) is 62.7 Å². The van der Waals surface area contributed by atoms with E-state index in [1.165, 1.54) is 12.1 Å². The SMILES string of the molecule is Cc1ccc(NC(=O)C2CCN(CCS(=O)(=O)c3cc(Cl)ccc3Cl)CC2)nc1. The summed E-state index contributed by atoms with van der Waals surface area (Å²) >= 11 is 11.9. The Labute approximate surface area is 181 Å². The lowest BCUT2D eigenvalue weighted by Gasteiger charge is -2.31. The van der Waals surface area contributed by atoms with Crippen LogP contribution in [0.4, 0.5) is 5.82 Å². The average molecular weight is 456 g/mol. The molecule has 1 amide bonds. The van der Waals surface area contributed by atoms with Crippen molar-refractivity contribution in [3.63, 3.8) is 0 Å². The normalized spacial score (nSPS) is 16.0. The van der Waals surface area contributed by atoms with E-state index >= 15 is 0 Å². The number of hydrogen-bond acceptors (Lipinski definition) is 5. The molecular weight excluding hydrogens is 433 g/mol. The Morgan fingerprint density at radius 1 is 1.21 bits per heavy atom. The molecule has 1 aromatic carbocycles. The molecule has 0 radical (unpaired) electrons. The number of benzene rings is 1. The number of carbonyl (C=O) groups excluding carboxylic acids is 1. The summed E-state index contributed by atoms with van der Waals surface area (Å²) in [7, 11) is -3.53. The largest absolute Gasteiger partial charge is 0.310 e. The third-order valence-corrected chi connectivity index (χ3v) is 7.43. The molecule has 156 valence electrons. The second kappa shape index (κ2) is 9.43. The summed E-state index contributed by atoms with van der Waals surface area (Å²) in [6, 6.07) is 8.12. The van der Waals surface area contributed by atoms with E-state index in [-0.39, 0.29) is 27.5 Å². The maximum absolute atomic E-state index is 12.6. The van der Waals surface area contributed by atoms with Gasteiger partial charge in [-0.3, -0.25) is 4.79 Å². The van der Waals surface area contributed by atoms with Crippen molar-refractivity contribution in [1.29, 1.82) is 0 Å².